The summed E-state index contributed by atoms with van der Waals surface area (Å²) < 4.78 is 17.5. The maximum absolute atomic E-state index is 11.9. The number of carbonyl (C=O) groups is 2. The van der Waals surface area contributed by atoms with E-state index in [0.717, 1.165) is 31.9 Å². The minimum atomic E-state index is -0.833. The first-order chi connectivity index (χ1) is 16.8. The molecule has 0 unspecified atom stereocenters. The van der Waals surface area contributed by atoms with E-state index in [1.807, 2.05) is 6.07 Å². The summed E-state index contributed by atoms with van der Waals surface area (Å²) in [6, 6.07) is 7.36. The predicted molar refractivity (Wildman–Crippen MR) is 125 cm³/mol. The van der Waals surface area contributed by atoms with Crippen LogP contribution in [0.15, 0.2) is 42.6 Å². The Morgan fingerprint density at radius 1 is 1.26 bits per heavy atom. The lowest BCUT2D eigenvalue weighted by Gasteiger charge is -2.56. The zero-order valence-corrected chi connectivity index (χ0v) is 19.8. The first-order valence-corrected chi connectivity index (χ1v) is 11.6. The molecule has 2 aliphatic heterocycles. The van der Waals surface area contributed by atoms with Crippen molar-refractivity contribution in [2.75, 3.05) is 20.7 Å². The van der Waals surface area contributed by atoms with Crippen LogP contribution in [0.1, 0.15) is 34.8 Å². The van der Waals surface area contributed by atoms with Gasteiger partial charge in [0.05, 0.1) is 12.7 Å². The number of carboxylic acids is 1. The normalized spacial score (nSPS) is 29.2. The number of pyridine rings is 1. The van der Waals surface area contributed by atoms with Gasteiger partial charge in [-0.3, -0.25) is 4.79 Å². The number of carbonyl (C=O) groups excluding carboxylic acids is 1. The third-order valence-corrected chi connectivity index (χ3v) is 7.54. The van der Waals surface area contributed by atoms with Crippen molar-refractivity contribution in [1.29, 1.82) is 0 Å². The zero-order valence-electron chi connectivity index (χ0n) is 19.8. The molecule has 2 aromatic rings. The average molecular weight is 481 g/mol. The Bertz CT molecular complexity index is 1210. The molecule has 2 bridgehead atoms. The number of benzene rings is 1. The number of likely N-dealkylation sites (N-methyl/N-ethyl adjacent to an activating group) is 1. The highest BCUT2D eigenvalue weighted by Gasteiger charge is 2.64. The monoisotopic (exact) mass is 480 g/mol. The van der Waals surface area contributed by atoms with Crippen LogP contribution in [-0.2, 0) is 21.4 Å². The quantitative estimate of drug-likeness (QED) is 0.505. The fourth-order valence-electron chi connectivity index (χ4n) is 6.18. The number of phenols is 1. The number of aromatic nitrogens is 1. The van der Waals surface area contributed by atoms with E-state index in [1.165, 1.54) is 18.9 Å². The van der Waals surface area contributed by atoms with Gasteiger partial charge in [-0.25, -0.2) is 9.78 Å². The highest BCUT2D eigenvalue weighted by Crippen LogP contribution is 2.62. The highest BCUT2D eigenvalue weighted by atomic mass is 16.6. The molecule has 184 valence electrons. The number of hydrogen-bond acceptors (Lipinski definition) is 8. The number of rotatable bonds is 3. The Kier molecular flexibility index (Phi) is 5.67. The molecule has 1 spiro atoms. The van der Waals surface area contributed by atoms with Crippen LogP contribution in [0.5, 0.6) is 17.4 Å². The van der Waals surface area contributed by atoms with E-state index >= 15 is 0 Å². The predicted octanol–water partition coefficient (Wildman–Crippen LogP) is 2.56. The summed E-state index contributed by atoms with van der Waals surface area (Å²) in [7, 11) is 3.53. The summed E-state index contributed by atoms with van der Waals surface area (Å²) in [4.78, 5) is 27.6. The third-order valence-electron chi connectivity index (χ3n) is 7.54. The van der Waals surface area contributed by atoms with Crippen molar-refractivity contribution in [2.45, 2.75) is 43.4 Å². The first-order valence-electron chi connectivity index (χ1n) is 11.6. The number of esters is 1. The summed E-state index contributed by atoms with van der Waals surface area (Å²) in [5.41, 5.74) is 2.55. The van der Waals surface area contributed by atoms with E-state index in [9.17, 15) is 9.90 Å². The molecule has 4 aliphatic rings. The second-order valence-electron chi connectivity index (χ2n) is 9.42. The van der Waals surface area contributed by atoms with Gasteiger partial charge in [-0.05, 0) is 50.2 Å². The number of nitrogens with zero attached hydrogens (tertiary/aromatic N) is 2. The number of methoxy groups -OCH3 is 1. The number of ether oxygens (including phenoxy) is 3. The Labute approximate surface area is 202 Å². The van der Waals surface area contributed by atoms with Crippen molar-refractivity contribution in [2.24, 2.45) is 5.92 Å². The summed E-state index contributed by atoms with van der Waals surface area (Å²) in [5, 5.41) is 18.0. The average Bonchev–Trinajstić information content (AvgIpc) is 3.19. The lowest BCUT2D eigenvalue weighted by Crippen LogP contribution is -2.65. The van der Waals surface area contributed by atoms with Crippen LogP contribution in [0.4, 0.5) is 0 Å². The van der Waals surface area contributed by atoms with Crippen molar-refractivity contribution in [3.8, 4) is 17.4 Å². The molecular weight excluding hydrogens is 452 g/mol. The van der Waals surface area contributed by atoms with Crippen LogP contribution in [0, 0.1) is 5.92 Å². The molecule has 1 fully saturated rings. The van der Waals surface area contributed by atoms with E-state index in [0.29, 0.717) is 29.2 Å². The molecule has 2 N–H and O–H groups in total. The second kappa shape index (κ2) is 8.57. The molecule has 35 heavy (non-hydrogen) atoms. The number of aromatic hydroxyl groups is 1. The largest absolute Gasteiger partial charge is 0.504 e. The van der Waals surface area contributed by atoms with Crippen molar-refractivity contribution < 1.29 is 34.0 Å². The molecule has 1 aromatic carbocycles. The Morgan fingerprint density at radius 2 is 2.03 bits per heavy atom. The molecule has 6 rings (SSSR count). The van der Waals surface area contributed by atoms with Gasteiger partial charge in [0, 0.05) is 42.1 Å². The van der Waals surface area contributed by atoms with Crippen LogP contribution in [-0.4, -0.2) is 71.0 Å². The van der Waals surface area contributed by atoms with Crippen LogP contribution in [0.25, 0.3) is 0 Å². The molecule has 0 amide bonds. The van der Waals surface area contributed by atoms with E-state index in [2.05, 4.69) is 29.1 Å². The van der Waals surface area contributed by atoms with Gasteiger partial charge in [0.15, 0.2) is 17.6 Å². The molecule has 9 nitrogen and oxygen atoms in total. The van der Waals surface area contributed by atoms with Crippen LogP contribution in [0.2, 0.25) is 0 Å². The van der Waals surface area contributed by atoms with Gasteiger partial charge in [0.25, 0.3) is 5.97 Å². The highest BCUT2D eigenvalue weighted by molar-refractivity contribution is 5.89. The molecule has 2 aliphatic carbocycles. The van der Waals surface area contributed by atoms with Gasteiger partial charge in [0.2, 0.25) is 5.88 Å². The Balaban J connectivity index is 0.000000591. The fraction of sp³-hybridized carbons (Fsp3) is 0.423. The van der Waals surface area contributed by atoms with Gasteiger partial charge < -0.3 is 29.3 Å². The lowest BCUT2D eigenvalue weighted by atomic mass is 9.53. The van der Waals surface area contributed by atoms with Gasteiger partial charge in [0.1, 0.15) is 6.10 Å². The van der Waals surface area contributed by atoms with Crippen LogP contribution < -0.4 is 9.47 Å². The fourth-order valence-corrected chi connectivity index (χ4v) is 6.18. The summed E-state index contributed by atoms with van der Waals surface area (Å²) in [6.45, 7) is 2.05. The van der Waals surface area contributed by atoms with E-state index in [4.69, 9.17) is 24.1 Å². The molecule has 1 saturated heterocycles. The number of aliphatic carboxylic acids is 1. The standard InChI is InChI=1S/C24H24N2O5.C2H4O2/c1-26-10-8-24-15-4-6-18(30-19-12-14(7-9-25-19)23(28)29-2)22(24)31-21-17(27)5-3-13(20(21)24)11-16(15)26;1-2(3)4/h3-7,9,12,15-16,18,22,27H,8,10-11H2,1-2H3;1H3,(H,3,4)/t15-,16+,18-,22-,24-;/m0./s1. The Morgan fingerprint density at radius 3 is 2.77 bits per heavy atom. The molecule has 9 heteroatoms. The number of likely N-dealkylation sites (tertiary alicyclic amines) is 1. The molecular formula is C26H28N2O7. The van der Waals surface area contributed by atoms with Gasteiger partial charge in [-0.2, -0.15) is 0 Å². The lowest BCUT2D eigenvalue weighted by molar-refractivity contribution is -0.134. The first kappa shape index (κ1) is 23.2. The minimum absolute atomic E-state index is 0.184. The van der Waals surface area contributed by atoms with Gasteiger partial charge in [-0.15, -0.1) is 0 Å². The SMILES string of the molecule is CC(=O)O.COC(=O)c1ccnc(O[C@H]2C=C[C@H]3[C@H]4Cc5ccc(O)c6c5[C@@]3(CCN4C)[C@H]2O6)c1. The van der Waals surface area contributed by atoms with Crippen molar-refractivity contribution in [3.63, 3.8) is 0 Å². The van der Waals surface area contributed by atoms with Gasteiger partial charge >= 0.3 is 5.97 Å². The summed E-state index contributed by atoms with van der Waals surface area (Å²) in [5.74, 6) is 0.152. The topological polar surface area (TPSA) is 118 Å². The minimum Gasteiger partial charge on any atom is -0.504 e. The molecule has 0 saturated carbocycles. The third kappa shape index (κ3) is 3.61. The van der Waals surface area contributed by atoms with E-state index in [-0.39, 0.29) is 17.3 Å². The number of hydrogen-bond donors (Lipinski definition) is 2. The molecule has 1 aromatic heterocycles. The van der Waals surface area contributed by atoms with Gasteiger partial charge in [-0.1, -0.05) is 12.1 Å². The molecule has 5 atom stereocenters. The second-order valence-corrected chi connectivity index (χ2v) is 9.42. The molecule has 3 heterocycles. The van der Waals surface area contributed by atoms with Crippen molar-refractivity contribution in [3.05, 3.63) is 59.3 Å². The number of carboxylic acid groups (broad SMARTS) is 1. The zero-order chi connectivity index (χ0) is 24.9. The van der Waals surface area contributed by atoms with E-state index < -0.39 is 18.0 Å². The van der Waals surface area contributed by atoms with Crippen LogP contribution in [0.3, 0.4) is 0 Å². The number of piperidine rings is 1. The Hall–Kier alpha value is -3.59. The number of phenolic OH excluding ortho intramolecular Hbond substituents is 1. The smallest absolute Gasteiger partial charge is 0.338 e. The summed E-state index contributed by atoms with van der Waals surface area (Å²) in [6.07, 6.45) is 7.06. The summed E-state index contributed by atoms with van der Waals surface area (Å²) >= 11 is 0. The van der Waals surface area contributed by atoms with E-state index in [1.54, 1.807) is 18.2 Å². The maximum Gasteiger partial charge on any atom is 0.338 e. The van der Waals surface area contributed by atoms with Crippen molar-refractivity contribution >= 4 is 11.9 Å². The van der Waals surface area contributed by atoms with Crippen molar-refractivity contribution in [1.82, 2.24) is 9.88 Å². The molecule has 0 radical (unpaired) electrons. The maximum atomic E-state index is 11.9. The van der Waals surface area contributed by atoms with Crippen LogP contribution >= 0.6 is 0 Å².